The van der Waals surface area contributed by atoms with Gasteiger partial charge in [0.15, 0.2) is 0 Å². The number of rotatable bonds is 2. The van der Waals surface area contributed by atoms with Crippen LogP contribution in [0.3, 0.4) is 0 Å². The molecule has 0 amide bonds. The Bertz CT molecular complexity index is 258. The van der Waals surface area contributed by atoms with Crippen LogP contribution < -0.4 is 5.30 Å². The Balaban J connectivity index is 3.00. The van der Waals surface area contributed by atoms with Crippen molar-refractivity contribution < 1.29 is 9.42 Å². The first-order valence-corrected chi connectivity index (χ1v) is 5.44. The van der Waals surface area contributed by atoms with E-state index in [4.69, 9.17) is 4.52 Å². The van der Waals surface area contributed by atoms with E-state index >= 15 is 0 Å². The number of hydrogen-bond donors (Lipinski definition) is 1. The highest BCUT2D eigenvalue weighted by atomic mass is 79.9. The summed E-state index contributed by atoms with van der Waals surface area (Å²) in [7, 11) is 0.0661. The predicted octanol–water partition coefficient (Wildman–Crippen LogP) is 2.33. The molecule has 0 radical (unpaired) electrons. The van der Waals surface area contributed by atoms with Crippen molar-refractivity contribution in [1.82, 2.24) is 0 Å². The summed E-state index contributed by atoms with van der Waals surface area (Å²) >= 11 is 3.35. The van der Waals surface area contributed by atoms with Crippen LogP contribution >= 0.6 is 24.3 Å². The molecule has 0 aromatic heterocycles. The summed E-state index contributed by atoms with van der Waals surface area (Å²) in [4.78, 5) is 9.40. The molecule has 1 aromatic carbocycles. The summed E-state index contributed by atoms with van der Waals surface area (Å²) in [5, 5.41) is 0.833. The zero-order chi connectivity index (χ0) is 9.14. The standard InChI is InChI=1S/C8H10BrO2P/c1-6-3-7(9)5-8(4-6)12(10)11-2/h3-5,10H,1-2H3. The molecule has 0 aliphatic heterocycles. The van der Waals surface area contributed by atoms with Gasteiger partial charge in [0, 0.05) is 16.9 Å². The monoisotopic (exact) mass is 248 g/mol. The molecule has 0 spiro atoms. The van der Waals surface area contributed by atoms with E-state index in [1.165, 1.54) is 7.11 Å². The number of halogens is 1. The van der Waals surface area contributed by atoms with Gasteiger partial charge in [-0.25, -0.2) is 0 Å². The Labute approximate surface area is 81.6 Å². The molecule has 66 valence electrons. The lowest BCUT2D eigenvalue weighted by Crippen LogP contribution is -2.01. The minimum Gasteiger partial charge on any atom is -0.346 e. The molecule has 12 heavy (non-hydrogen) atoms. The molecule has 0 heterocycles. The Hall–Kier alpha value is 0.0500. The SMILES string of the molecule is COP(O)c1cc(C)cc(Br)c1. The normalized spacial score (nSPS) is 13.0. The molecule has 0 saturated carbocycles. The van der Waals surface area contributed by atoms with Gasteiger partial charge in [-0.15, -0.1) is 0 Å². The van der Waals surface area contributed by atoms with Gasteiger partial charge in [0.25, 0.3) is 0 Å². The average Bonchev–Trinajstić information content (AvgIpc) is 2.01. The van der Waals surface area contributed by atoms with Crippen LogP contribution in [0.5, 0.6) is 0 Å². The predicted molar refractivity (Wildman–Crippen MR) is 54.7 cm³/mol. The van der Waals surface area contributed by atoms with Crippen molar-refractivity contribution in [3.63, 3.8) is 0 Å². The second-order valence-corrected chi connectivity index (χ2v) is 4.79. The van der Waals surface area contributed by atoms with Crippen LogP contribution in [-0.4, -0.2) is 12.0 Å². The highest BCUT2D eigenvalue weighted by Crippen LogP contribution is 2.30. The maximum Gasteiger partial charge on any atom is 0.202 e. The van der Waals surface area contributed by atoms with Crippen molar-refractivity contribution in [2.24, 2.45) is 0 Å². The summed E-state index contributed by atoms with van der Waals surface area (Å²) in [6, 6.07) is 5.77. The van der Waals surface area contributed by atoms with Gasteiger partial charge in [-0.3, -0.25) is 0 Å². The highest BCUT2D eigenvalue weighted by molar-refractivity contribution is 9.10. The van der Waals surface area contributed by atoms with Gasteiger partial charge >= 0.3 is 0 Å². The van der Waals surface area contributed by atoms with Crippen LogP contribution in [0, 0.1) is 6.92 Å². The van der Waals surface area contributed by atoms with Crippen molar-refractivity contribution in [3.05, 3.63) is 28.2 Å². The third-order valence-electron chi connectivity index (χ3n) is 1.42. The van der Waals surface area contributed by atoms with E-state index in [1.807, 2.05) is 25.1 Å². The van der Waals surface area contributed by atoms with E-state index in [9.17, 15) is 4.89 Å². The van der Waals surface area contributed by atoms with Crippen molar-refractivity contribution in [2.75, 3.05) is 7.11 Å². The van der Waals surface area contributed by atoms with Crippen LogP contribution in [0.1, 0.15) is 5.56 Å². The van der Waals surface area contributed by atoms with Gasteiger partial charge in [-0.05, 0) is 30.7 Å². The molecule has 0 saturated heterocycles. The minimum absolute atomic E-state index is 0.833. The number of aryl methyl sites for hydroxylation is 1. The van der Waals surface area contributed by atoms with Crippen molar-refractivity contribution in [2.45, 2.75) is 6.92 Å². The summed E-state index contributed by atoms with van der Waals surface area (Å²) in [5.74, 6) is 0. The van der Waals surface area contributed by atoms with E-state index in [-0.39, 0.29) is 0 Å². The fourth-order valence-electron chi connectivity index (χ4n) is 0.933. The highest BCUT2D eigenvalue weighted by Gasteiger charge is 2.07. The molecule has 1 rings (SSSR count). The van der Waals surface area contributed by atoms with E-state index in [0.29, 0.717) is 0 Å². The van der Waals surface area contributed by atoms with Gasteiger partial charge in [-0.2, -0.15) is 0 Å². The second-order valence-electron chi connectivity index (χ2n) is 2.44. The van der Waals surface area contributed by atoms with Crippen molar-refractivity contribution in [3.8, 4) is 0 Å². The van der Waals surface area contributed by atoms with Gasteiger partial charge in [-0.1, -0.05) is 15.9 Å². The molecular weight excluding hydrogens is 239 g/mol. The number of hydrogen-bond acceptors (Lipinski definition) is 2. The van der Waals surface area contributed by atoms with E-state index in [0.717, 1.165) is 15.3 Å². The first kappa shape index (κ1) is 10.1. The molecule has 0 aliphatic carbocycles. The van der Waals surface area contributed by atoms with Crippen LogP contribution in [0.25, 0.3) is 0 Å². The molecule has 1 N–H and O–H groups in total. The lowest BCUT2D eigenvalue weighted by atomic mass is 10.2. The van der Waals surface area contributed by atoms with Crippen LogP contribution in [0.4, 0.5) is 0 Å². The first-order chi connectivity index (χ1) is 5.63. The van der Waals surface area contributed by atoms with Crippen molar-refractivity contribution >= 4 is 29.6 Å². The van der Waals surface area contributed by atoms with Crippen LogP contribution in [0.2, 0.25) is 0 Å². The van der Waals surface area contributed by atoms with Gasteiger partial charge in [0.1, 0.15) is 0 Å². The lowest BCUT2D eigenvalue weighted by Gasteiger charge is -2.08. The maximum atomic E-state index is 9.40. The van der Waals surface area contributed by atoms with Gasteiger partial charge in [0.2, 0.25) is 8.38 Å². The fraction of sp³-hybridized carbons (Fsp3) is 0.250. The molecule has 0 aliphatic rings. The topological polar surface area (TPSA) is 29.5 Å². The largest absolute Gasteiger partial charge is 0.346 e. The summed E-state index contributed by atoms with van der Waals surface area (Å²) in [6.07, 6.45) is 0. The molecule has 1 unspecified atom stereocenters. The molecule has 0 bridgehead atoms. The molecule has 0 fully saturated rings. The Morgan fingerprint density at radius 3 is 2.58 bits per heavy atom. The van der Waals surface area contributed by atoms with Crippen LogP contribution in [-0.2, 0) is 4.52 Å². The summed E-state index contributed by atoms with van der Waals surface area (Å²) in [6.45, 7) is 1.98. The van der Waals surface area contributed by atoms with E-state index in [1.54, 1.807) is 0 Å². The van der Waals surface area contributed by atoms with E-state index in [2.05, 4.69) is 15.9 Å². The zero-order valence-electron chi connectivity index (χ0n) is 6.91. The lowest BCUT2D eigenvalue weighted by molar-refractivity contribution is 0.400. The summed E-state index contributed by atoms with van der Waals surface area (Å²) < 4.78 is 5.81. The van der Waals surface area contributed by atoms with Gasteiger partial charge in [0.05, 0.1) is 0 Å². The molecular formula is C8H10BrO2P. The van der Waals surface area contributed by atoms with Gasteiger partial charge < -0.3 is 9.42 Å². The summed E-state index contributed by atoms with van der Waals surface area (Å²) in [5.41, 5.74) is 1.11. The Morgan fingerprint density at radius 1 is 1.42 bits per heavy atom. The average molecular weight is 249 g/mol. The maximum absolute atomic E-state index is 9.40. The van der Waals surface area contributed by atoms with Crippen LogP contribution in [0.15, 0.2) is 22.7 Å². The third-order valence-corrected chi connectivity index (χ3v) is 2.92. The quantitative estimate of drug-likeness (QED) is 0.815. The smallest absolute Gasteiger partial charge is 0.202 e. The zero-order valence-corrected chi connectivity index (χ0v) is 9.39. The van der Waals surface area contributed by atoms with Crippen molar-refractivity contribution in [1.29, 1.82) is 0 Å². The molecule has 4 heteroatoms. The minimum atomic E-state index is -1.44. The Kier molecular flexibility index (Phi) is 3.66. The number of benzene rings is 1. The molecule has 1 atom stereocenters. The molecule has 1 aromatic rings. The second kappa shape index (κ2) is 4.33. The fourth-order valence-corrected chi connectivity index (χ4v) is 2.49. The Morgan fingerprint density at radius 2 is 2.08 bits per heavy atom. The first-order valence-electron chi connectivity index (χ1n) is 3.44. The van der Waals surface area contributed by atoms with E-state index < -0.39 is 8.38 Å². The third kappa shape index (κ3) is 2.53. The molecule has 2 nitrogen and oxygen atoms in total.